The number of carbonyl (C=O) groups is 3. The molecule has 25 nitrogen and oxygen atoms in total. The second-order valence-corrected chi connectivity index (χ2v) is 16.2. The molecule has 0 aromatic heterocycles. The number of benzene rings is 1. The van der Waals surface area contributed by atoms with Gasteiger partial charge in [0.1, 0.15) is 30.2 Å². The number of rotatable bonds is 49. The van der Waals surface area contributed by atoms with Crippen molar-refractivity contribution in [3.05, 3.63) is 30.7 Å². The molecule has 0 aliphatic carbocycles. The average molecular weight is 1050 g/mol. The van der Waals surface area contributed by atoms with Crippen molar-refractivity contribution in [2.45, 2.75) is 68.9 Å². The summed E-state index contributed by atoms with van der Waals surface area (Å²) in [6, 6.07) is 3.77. The molecule has 423 valence electrons. The van der Waals surface area contributed by atoms with Gasteiger partial charge in [0.05, 0.1) is 170 Å². The molecule has 0 bridgehead atoms. The quantitative estimate of drug-likeness (QED) is 0.0338. The number of amides is 3. The van der Waals surface area contributed by atoms with Crippen molar-refractivity contribution in [1.29, 1.82) is 0 Å². The first-order valence-electron chi connectivity index (χ1n) is 24.9. The Morgan fingerprint density at radius 2 is 1.04 bits per heavy atom. The van der Waals surface area contributed by atoms with Crippen molar-refractivity contribution in [3.8, 4) is 5.75 Å². The van der Waals surface area contributed by atoms with Gasteiger partial charge in [0.2, 0.25) is 24.0 Å². The van der Waals surface area contributed by atoms with E-state index in [9.17, 15) is 34.8 Å². The second kappa shape index (κ2) is 45.0. The van der Waals surface area contributed by atoms with Crippen molar-refractivity contribution >= 4 is 23.4 Å². The standard InChI is InChI=1S/C48H85N4O21/c1-37-6-7-40(72-48-46(58)45(57)44(56)41(36-53)73-48)39(35-37)52-43(55)8-11-51-47(59)38(49)5-3-4-10-50-42(54)9-12-61-15-16-63-19-20-65-23-24-67-27-28-69-31-32-71-34-33-70-30-29-68-26-25-66-22-21-64-18-17-62-14-13-60-2/h6-7,35,38,41,44-46,48,53,56-58H,1,3-5,8-34,36,49H2,2H3,(H,50,54)(H,51,59)(H,52,55)/t38-,41+,44+,45-,46-,48-/m0/s1. The minimum Gasteiger partial charge on any atom is -0.460 e. The number of aliphatic hydroxyl groups excluding tert-OH is 4. The maximum absolute atomic E-state index is 12.7. The van der Waals surface area contributed by atoms with Crippen LogP contribution < -0.4 is 26.4 Å². The van der Waals surface area contributed by atoms with Gasteiger partial charge in [0.25, 0.3) is 0 Å². The molecule has 1 aromatic carbocycles. The van der Waals surface area contributed by atoms with Crippen LogP contribution in [0.25, 0.3) is 0 Å². The number of unbranched alkanes of at least 4 members (excludes halogenated alkanes) is 1. The van der Waals surface area contributed by atoms with Crippen molar-refractivity contribution in [3.63, 3.8) is 0 Å². The number of ether oxygens (including phenoxy) is 14. The summed E-state index contributed by atoms with van der Waals surface area (Å²) in [7, 11) is 1.63. The zero-order valence-corrected chi connectivity index (χ0v) is 42.6. The lowest BCUT2D eigenvalue weighted by Gasteiger charge is -2.39. The summed E-state index contributed by atoms with van der Waals surface area (Å²) in [6.07, 6.45) is -5.81. The average Bonchev–Trinajstić information content (AvgIpc) is 3.38. The van der Waals surface area contributed by atoms with Crippen LogP contribution in [0, 0.1) is 6.92 Å². The minimum absolute atomic E-state index is 0.000799. The molecule has 1 aliphatic rings. The molecule has 0 saturated carbocycles. The molecule has 6 atom stereocenters. The van der Waals surface area contributed by atoms with Gasteiger partial charge in [-0.15, -0.1) is 0 Å². The monoisotopic (exact) mass is 1050 g/mol. The number of aliphatic hydroxyl groups is 4. The summed E-state index contributed by atoms with van der Waals surface area (Å²) in [5.41, 5.74) is 6.75. The van der Waals surface area contributed by atoms with E-state index in [1.54, 1.807) is 13.2 Å². The molecule has 1 radical (unpaired) electrons. The van der Waals surface area contributed by atoms with Crippen molar-refractivity contribution in [1.82, 2.24) is 10.6 Å². The molecule has 1 saturated heterocycles. The van der Waals surface area contributed by atoms with Gasteiger partial charge < -0.3 is 108 Å². The van der Waals surface area contributed by atoms with Gasteiger partial charge in [-0.1, -0.05) is 6.07 Å². The lowest BCUT2D eigenvalue weighted by Crippen LogP contribution is -2.60. The van der Waals surface area contributed by atoms with E-state index in [0.29, 0.717) is 177 Å². The normalized spacial score (nSPS) is 18.2. The van der Waals surface area contributed by atoms with E-state index in [1.165, 1.54) is 12.1 Å². The first-order valence-corrected chi connectivity index (χ1v) is 24.9. The molecule has 2 rings (SSSR count). The molecule has 1 aliphatic heterocycles. The molecule has 9 N–H and O–H groups in total. The third-order valence-electron chi connectivity index (χ3n) is 10.3. The van der Waals surface area contributed by atoms with Crippen LogP contribution in [-0.2, 0) is 76.0 Å². The van der Waals surface area contributed by atoms with E-state index in [2.05, 4.69) is 22.9 Å². The lowest BCUT2D eigenvalue weighted by molar-refractivity contribution is -0.277. The van der Waals surface area contributed by atoms with E-state index in [-0.39, 0.29) is 43.3 Å². The van der Waals surface area contributed by atoms with Crippen LogP contribution in [0.5, 0.6) is 5.75 Å². The number of hydrogen-bond donors (Lipinski definition) is 8. The van der Waals surface area contributed by atoms with Crippen molar-refractivity contribution in [2.24, 2.45) is 5.73 Å². The SMILES string of the molecule is [CH2]c1ccc(O[C@H]2O[C@H](CO)[C@@H](O)[C@H](O)[C@@H]2O)c(NC(=O)CCNC(=O)[C@@H](N)CCCCNC(=O)CCOCCOCCOCCOCCOCCOCCOCCOCCOCCOCCOCCOC)c1. The highest BCUT2D eigenvalue weighted by Gasteiger charge is 2.45. The van der Waals surface area contributed by atoms with Crippen LogP contribution in [0.4, 0.5) is 5.69 Å². The second-order valence-electron chi connectivity index (χ2n) is 16.2. The molecule has 0 spiro atoms. The van der Waals surface area contributed by atoms with Crippen LogP contribution in [0.2, 0.25) is 0 Å². The van der Waals surface area contributed by atoms with Crippen LogP contribution in [0.3, 0.4) is 0 Å². The zero-order chi connectivity index (χ0) is 53.0. The van der Waals surface area contributed by atoms with Gasteiger partial charge >= 0.3 is 0 Å². The molecule has 0 unspecified atom stereocenters. The fraction of sp³-hybridized carbons (Fsp3) is 0.792. The molecule has 3 amide bonds. The fourth-order valence-corrected chi connectivity index (χ4v) is 6.26. The van der Waals surface area contributed by atoms with Crippen molar-refractivity contribution < 1.29 is 101 Å². The summed E-state index contributed by atoms with van der Waals surface area (Å²) >= 11 is 0. The van der Waals surface area contributed by atoms with Crippen LogP contribution in [-0.4, -0.2) is 254 Å². The van der Waals surface area contributed by atoms with Crippen LogP contribution in [0.1, 0.15) is 37.7 Å². The zero-order valence-electron chi connectivity index (χ0n) is 42.6. The fourth-order valence-electron chi connectivity index (χ4n) is 6.26. The highest BCUT2D eigenvalue weighted by molar-refractivity contribution is 5.93. The Balaban J connectivity index is 1.30. The smallest absolute Gasteiger partial charge is 0.236 e. The van der Waals surface area contributed by atoms with E-state index >= 15 is 0 Å². The Hall–Kier alpha value is -3.29. The Labute approximate surface area is 429 Å². The molecule has 25 heteroatoms. The summed E-state index contributed by atoms with van der Waals surface area (Å²) in [6.45, 7) is 14.2. The van der Waals surface area contributed by atoms with Crippen molar-refractivity contribution in [2.75, 3.05) is 184 Å². The number of carbonyl (C=O) groups excluding carboxylic acids is 3. The van der Waals surface area contributed by atoms with Gasteiger partial charge in [-0.25, -0.2) is 0 Å². The number of anilines is 1. The van der Waals surface area contributed by atoms with Gasteiger partial charge in [-0.05, 0) is 43.9 Å². The number of nitrogens with two attached hydrogens (primary N) is 1. The third-order valence-corrected chi connectivity index (χ3v) is 10.3. The summed E-state index contributed by atoms with van der Waals surface area (Å²) in [4.78, 5) is 37.4. The Morgan fingerprint density at radius 1 is 0.589 bits per heavy atom. The molecule has 73 heavy (non-hydrogen) atoms. The summed E-state index contributed by atoms with van der Waals surface area (Å²) in [5, 5.41) is 48.0. The van der Waals surface area contributed by atoms with E-state index in [0.717, 1.165) is 0 Å². The predicted octanol–water partition coefficient (Wildman–Crippen LogP) is -1.67. The lowest BCUT2D eigenvalue weighted by atomic mass is 9.99. The van der Waals surface area contributed by atoms with Gasteiger partial charge in [-0.3, -0.25) is 14.4 Å². The first kappa shape index (κ1) is 65.8. The minimum atomic E-state index is -1.65. The summed E-state index contributed by atoms with van der Waals surface area (Å²) < 4.78 is 76.0. The van der Waals surface area contributed by atoms with Gasteiger partial charge in [0.15, 0.2) is 0 Å². The molecular weight excluding hydrogens is 969 g/mol. The Bertz CT molecular complexity index is 1520. The van der Waals surface area contributed by atoms with E-state index < -0.39 is 55.2 Å². The van der Waals surface area contributed by atoms with Crippen LogP contribution in [0.15, 0.2) is 18.2 Å². The largest absolute Gasteiger partial charge is 0.460 e. The Morgan fingerprint density at radius 3 is 1.49 bits per heavy atom. The summed E-state index contributed by atoms with van der Waals surface area (Å²) in [5.74, 6) is -0.982. The Kier molecular flexibility index (Phi) is 40.5. The maximum Gasteiger partial charge on any atom is 0.236 e. The molecule has 1 heterocycles. The maximum atomic E-state index is 12.7. The van der Waals surface area contributed by atoms with E-state index in [4.69, 9.17) is 72.0 Å². The highest BCUT2D eigenvalue weighted by atomic mass is 16.7. The topological polar surface area (TPSA) is 323 Å². The van der Waals surface area contributed by atoms with E-state index in [1.807, 2.05) is 0 Å². The van der Waals surface area contributed by atoms with Gasteiger partial charge in [0, 0.05) is 33.0 Å². The number of hydrogen-bond acceptors (Lipinski definition) is 22. The molecule has 1 fully saturated rings. The highest BCUT2D eigenvalue weighted by Crippen LogP contribution is 2.30. The first-order chi connectivity index (χ1) is 35.6. The number of methoxy groups -OCH3 is 1. The molecular formula is C48H85N4O21. The van der Waals surface area contributed by atoms with Gasteiger partial charge in [-0.2, -0.15) is 0 Å². The van der Waals surface area contributed by atoms with Crippen LogP contribution >= 0.6 is 0 Å². The predicted molar refractivity (Wildman–Crippen MR) is 262 cm³/mol. The molecule has 1 aromatic rings. The number of nitrogens with one attached hydrogen (secondary N) is 3. The third kappa shape index (κ3) is 34.1.